The second-order valence-electron chi connectivity index (χ2n) is 18.0. The molecule has 5 heterocycles. The molecule has 0 saturated carbocycles. The molecule has 0 aliphatic carbocycles. The Morgan fingerprint density at radius 2 is 0.757 bits per heavy atom. The maximum Gasteiger partial charge on any atom is 0.238 e. The van der Waals surface area contributed by atoms with Gasteiger partial charge in [-0.3, -0.25) is 4.57 Å². The van der Waals surface area contributed by atoms with Gasteiger partial charge in [0.05, 0.1) is 33.1 Å². The molecule has 326 valence electrons. The fraction of sp³-hybridized carbons (Fsp3) is 0. The Bertz CT molecular complexity index is 4530. The van der Waals surface area contributed by atoms with Gasteiger partial charge >= 0.3 is 0 Å². The molecule has 70 heavy (non-hydrogen) atoms. The zero-order valence-electron chi connectivity index (χ0n) is 37.5. The highest BCUT2D eigenvalue weighted by molar-refractivity contribution is 6.24. The Morgan fingerprint density at radius 1 is 0.271 bits per heavy atom. The zero-order chi connectivity index (χ0) is 45.9. The molecule has 10 aromatic carbocycles. The molecule has 7 nitrogen and oxygen atoms in total. The number of para-hydroxylation sites is 4. The van der Waals surface area contributed by atoms with Crippen LogP contribution in [0.3, 0.4) is 0 Å². The van der Waals surface area contributed by atoms with Crippen molar-refractivity contribution in [2.75, 3.05) is 0 Å². The number of nitrogens with zero attached hydrogens (tertiary/aromatic N) is 6. The monoisotopic (exact) mass is 894 g/mol. The molecule has 0 atom stereocenters. The number of fused-ring (bicyclic) bond motifs is 13. The van der Waals surface area contributed by atoms with Crippen molar-refractivity contribution in [1.29, 1.82) is 0 Å². The molecule has 15 rings (SSSR count). The van der Waals surface area contributed by atoms with Crippen LogP contribution in [-0.4, -0.2) is 28.7 Å². The number of aromatic nitrogens is 6. The van der Waals surface area contributed by atoms with Gasteiger partial charge in [0.1, 0.15) is 11.2 Å². The fourth-order valence-electron chi connectivity index (χ4n) is 11.0. The van der Waals surface area contributed by atoms with Crippen LogP contribution in [0.5, 0.6) is 0 Å². The van der Waals surface area contributed by atoms with Crippen LogP contribution in [0, 0.1) is 0 Å². The van der Waals surface area contributed by atoms with E-state index in [1.165, 1.54) is 27.4 Å². The topological polar surface area (TPSA) is 66.6 Å². The summed E-state index contributed by atoms with van der Waals surface area (Å²) in [5, 5.41) is 9.00. The number of hydrogen-bond donors (Lipinski definition) is 0. The molecule has 5 aromatic heterocycles. The van der Waals surface area contributed by atoms with Crippen molar-refractivity contribution < 1.29 is 4.42 Å². The summed E-state index contributed by atoms with van der Waals surface area (Å²) in [7, 11) is 0. The van der Waals surface area contributed by atoms with Crippen molar-refractivity contribution in [3.63, 3.8) is 0 Å². The van der Waals surface area contributed by atoms with Crippen molar-refractivity contribution in [3.05, 3.63) is 231 Å². The number of rotatable bonds is 6. The van der Waals surface area contributed by atoms with E-state index in [0.29, 0.717) is 17.6 Å². The van der Waals surface area contributed by atoms with Crippen molar-refractivity contribution >= 4 is 87.4 Å². The summed E-state index contributed by atoms with van der Waals surface area (Å²) < 4.78 is 13.4. The quantitative estimate of drug-likeness (QED) is 0.167. The van der Waals surface area contributed by atoms with E-state index < -0.39 is 0 Å². The van der Waals surface area contributed by atoms with Gasteiger partial charge in [0.15, 0.2) is 11.6 Å². The molecule has 0 fully saturated rings. The molecular formula is C63H38N6O. The standard InChI is InChI=1S/C63H38N6O/c1-3-15-39(16-4-1)40-27-30-43(31-28-40)68-56-35-32-44(67-53-23-11-7-19-45(53)46-20-8-12-24-54(46)67)38-51(56)50-34-33-49-47-21-9-13-25-55(47)69(60(49)59(50)68)63-65-61(41-17-5-2-6-18-41)64-62(66-63)42-29-36-58-52(37-42)48-22-10-14-26-57(48)70-58/h1-38H. The first-order valence-corrected chi connectivity index (χ1v) is 23.6. The van der Waals surface area contributed by atoms with Crippen LogP contribution in [0.4, 0.5) is 0 Å². The molecule has 0 amide bonds. The Labute approximate surface area is 400 Å². The third kappa shape index (κ3) is 5.72. The molecule has 0 N–H and O–H groups in total. The normalized spacial score (nSPS) is 12.0. The van der Waals surface area contributed by atoms with Gasteiger partial charge in [0, 0.05) is 65.6 Å². The van der Waals surface area contributed by atoms with Crippen LogP contribution < -0.4 is 0 Å². The van der Waals surface area contributed by atoms with Gasteiger partial charge in [-0.25, -0.2) is 4.98 Å². The highest BCUT2D eigenvalue weighted by atomic mass is 16.3. The lowest BCUT2D eigenvalue weighted by atomic mass is 10.1. The largest absolute Gasteiger partial charge is 0.456 e. The van der Waals surface area contributed by atoms with Crippen LogP contribution in [0.25, 0.3) is 139 Å². The lowest BCUT2D eigenvalue weighted by Gasteiger charge is -2.14. The second kappa shape index (κ2) is 15.0. The third-order valence-electron chi connectivity index (χ3n) is 14.1. The molecule has 0 spiro atoms. The summed E-state index contributed by atoms with van der Waals surface area (Å²) in [6.45, 7) is 0. The van der Waals surface area contributed by atoms with Crippen molar-refractivity contribution in [2.24, 2.45) is 0 Å². The van der Waals surface area contributed by atoms with Crippen LogP contribution in [0.15, 0.2) is 235 Å². The summed E-state index contributed by atoms with van der Waals surface area (Å²) in [6.07, 6.45) is 0. The molecule has 7 heteroatoms. The second-order valence-corrected chi connectivity index (χ2v) is 18.0. The molecule has 0 radical (unpaired) electrons. The summed E-state index contributed by atoms with van der Waals surface area (Å²) in [6, 6.07) is 81.6. The number of hydrogen-bond acceptors (Lipinski definition) is 4. The molecule has 0 saturated heterocycles. The highest BCUT2D eigenvalue weighted by Gasteiger charge is 2.25. The van der Waals surface area contributed by atoms with Gasteiger partial charge in [0.25, 0.3) is 0 Å². The Hall–Kier alpha value is -9.59. The maximum absolute atomic E-state index is 6.26. The van der Waals surface area contributed by atoms with E-state index in [2.05, 4.69) is 202 Å². The lowest BCUT2D eigenvalue weighted by molar-refractivity contribution is 0.669. The maximum atomic E-state index is 6.26. The molecule has 0 unspecified atom stereocenters. The van der Waals surface area contributed by atoms with Gasteiger partial charge < -0.3 is 13.6 Å². The highest BCUT2D eigenvalue weighted by Crippen LogP contribution is 2.43. The van der Waals surface area contributed by atoms with E-state index in [1.54, 1.807) is 0 Å². The van der Waals surface area contributed by atoms with Crippen molar-refractivity contribution in [3.8, 4) is 51.2 Å². The number of benzene rings is 10. The summed E-state index contributed by atoms with van der Waals surface area (Å²) in [5.74, 6) is 1.69. The van der Waals surface area contributed by atoms with Gasteiger partial charge in [-0.15, -0.1) is 0 Å². The first kappa shape index (κ1) is 38.5. The Morgan fingerprint density at radius 3 is 1.46 bits per heavy atom. The molecular weight excluding hydrogens is 857 g/mol. The van der Waals surface area contributed by atoms with Crippen molar-refractivity contribution in [2.45, 2.75) is 0 Å². The van der Waals surface area contributed by atoms with E-state index in [-0.39, 0.29) is 0 Å². The van der Waals surface area contributed by atoms with E-state index in [4.69, 9.17) is 19.4 Å². The van der Waals surface area contributed by atoms with E-state index in [9.17, 15) is 0 Å². The SMILES string of the molecule is c1ccc(-c2ccc(-n3c4ccc(-n5c6ccccc6c6ccccc65)cc4c4ccc5c6ccccc6n(-c6nc(-c7ccccc7)nc(-c7ccc8oc9ccccc9c8c7)n6)c5c43)cc2)cc1. The Kier molecular flexibility index (Phi) is 8.23. The minimum atomic E-state index is 0.530. The average molecular weight is 895 g/mol. The Balaban J connectivity index is 1.05. The minimum Gasteiger partial charge on any atom is -0.456 e. The van der Waals surface area contributed by atoms with E-state index >= 15 is 0 Å². The first-order chi connectivity index (χ1) is 34.7. The van der Waals surface area contributed by atoms with Gasteiger partial charge in [-0.05, 0) is 83.9 Å². The summed E-state index contributed by atoms with van der Waals surface area (Å²) in [4.78, 5) is 16.1. The minimum absolute atomic E-state index is 0.530. The molecule has 15 aromatic rings. The smallest absolute Gasteiger partial charge is 0.238 e. The van der Waals surface area contributed by atoms with Crippen LogP contribution in [-0.2, 0) is 0 Å². The van der Waals surface area contributed by atoms with Gasteiger partial charge in [0.2, 0.25) is 5.95 Å². The van der Waals surface area contributed by atoms with Gasteiger partial charge in [-0.2, -0.15) is 9.97 Å². The predicted octanol–water partition coefficient (Wildman–Crippen LogP) is 16.1. The molecule has 0 aliphatic rings. The van der Waals surface area contributed by atoms with Gasteiger partial charge in [-0.1, -0.05) is 158 Å². The summed E-state index contributed by atoms with van der Waals surface area (Å²) in [5.41, 5.74) is 14.4. The van der Waals surface area contributed by atoms with Crippen LogP contribution in [0.1, 0.15) is 0 Å². The fourth-order valence-corrected chi connectivity index (χ4v) is 11.0. The lowest BCUT2D eigenvalue weighted by Crippen LogP contribution is -2.07. The van der Waals surface area contributed by atoms with E-state index in [1.807, 2.05) is 42.5 Å². The molecule has 0 bridgehead atoms. The average Bonchev–Trinajstić information content (AvgIpc) is 4.17. The third-order valence-corrected chi connectivity index (χ3v) is 14.1. The predicted molar refractivity (Wildman–Crippen MR) is 286 cm³/mol. The first-order valence-electron chi connectivity index (χ1n) is 23.6. The number of furan rings is 1. The molecule has 0 aliphatic heterocycles. The van der Waals surface area contributed by atoms with Crippen LogP contribution >= 0.6 is 0 Å². The van der Waals surface area contributed by atoms with E-state index in [0.717, 1.165) is 93.6 Å². The zero-order valence-corrected chi connectivity index (χ0v) is 37.5. The van der Waals surface area contributed by atoms with Crippen LogP contribution in [0.2, 0.25) is 0 Å². The van der Waals surface area contributed by atoms with Crippen molar-refractivity contribution in [1.82, 2.24) is 28.7 Å². The summed E-state index contributed by atoms with van der Waals surface area (Å²) >= 11 is 0.